The van der Waals surface area contributed by atoms with Gasteiger partial charge in [0.05, 0.1) is 20.7 Å². The average Bonchev–Trinajstić information content (AvgIpc) is 2.03. The maximum absolute atomic E-state index is 11.3. The number of aliphatic carboxylic acids is 1. The molecule has 0 aliphatic rings. The maximum atomic E-state index is 11.3. The largest absolute Gasteiger partial charge is 0.481 e. The molecule has 0 radical (unpaired) electrons. The summed E-state index contributed by atoms with van der Waals surface area (Å²) in [6.07, 6.45) is 0. The van der Waals surface area contributed by atoms with Gasteiger partial charge in [-0.05, 0) is 12.1 Å². The molecule has 0 heterocycles. The van der Waals surface area contributed by atoms with Gasteiger partial charge in [-0.1, -0.05) is 23.7 Å². The van der Waals surface area contributed by atoms with E-state index >= 15 is 0 Å². The molecule has 70 valence electrons. The quantitative estimate of drug-likeness (QED) is 0.837. The van der Waals surface area contributed by atoms with Crippen LogP contribution < -0.4 is 0 Å². The van der Waals surface area contributed by atoms with E-state index in [9.17, 15) is 9.00 Å². The van der Waals surface area contributed by atoms with Crippen molar-refractivity contribution in [2.24, 2.45) is 0 Å². The molecule has 1 rings (SSSR count). The molecule has 1 N–H and O–H groups in total. The standard InChI is InChI=1S/C8H7ClO3S/c9-6-3-1-2-4-7(6)13(12)5-8(10)11/h1-4H,5H2,(H,10,11). The Labute approximate surface area is 82.8 Å². The minimum Gasteiger partial charge on any atom is -0.481 e. The second-order valence-electron chi connectivity index (χ2n) is 2.31. The van der Waals surface area contributed by atoms with Gasteiger partial charge in [0, 0.05) is 0 Å². The molecule has 13 heavy (non-hydrogen) atoms. The number of hydrogen-bond acceptors (Lipinski definition) is 2. The van der Waals surface area contributed by atoms with E-state index in [1.165, 1.54) is 0 Å². The lowest BCUT2D eigenvalue weighted by molar-refractivity contribution is -0.133. The zero-order valence-electron chi connectivity index (χ0n) is 6.57. The summed E-state index contributed by atoms with van der Waals surface area (Å²) in [6.45, 7) is 0. The van der Waals surface area contributed by atoms with Gasteiger partial charge in [0.2, 0.25) is 0 Å². The highest BCUT2D eigenvalue weighted by Crippen LogP contribution is 2.18. The van der Waals surface area contributed by atoms with Crippen molar-refractivity contribution in [2.45, 2.75) is 4.90 Å². The summed E-state index contributed by atoms with van der Waals surface area (Å²) in [6, 6.07) is 6.50. The monoisotopic (exact) mass is 218 g/mol. The van der Waals surface area contributed by atoms with Crippen LogP contribution in [0.25, 0.3) is 0 Å². The minimum atomic E-state index is -1.56. The Morgan fingerprint density at radius 2 is 2.08 bits per heavy atom. The molecule has 0 spiro atoms. The first-order valence-corrected chi connectivity index (χ1v) is 5.15. The van der Waals surface area contributed by atoms with Crippen molar-refractivity contribution < 1.29 is 14.1 Å². The number of halogens is 1. The minimum absolute atomic E-state index is 0.335. The molecular formula is C8H7ClO3S. The molecule has 3 nitrogen and oxygen atoms in total. The number of carboxylic acids is 1. The molecule has 0 amide bonds. The Morgan fingerprint density at radius 1 is 1.46 bits per heavy atom. The van der Waals surface area contributed by atoms with Crippen molar-refractivity contribution in [3.05, 3.63) is 29.3 Å². The molecular weight excluding hydrogens is 212 g/mol. The first-order valence-electron chi connectivity index (χ1n) is 3.46. The highest BCUT2D eigenvalue weighted by Gasteiger charge is 2.11. The van der Waals surface area contributed by atoms with Crippen LogP contribution in [0.2, 0.25) is 5.02 Å². The Bertz CT molecular complexity index is 351. The van der Waals surface area contributed by atoms with E-state index in [0.29, 0.717) is 9.92 Å². The number of hydrogen-bond donors (Lipinski definition) is 1. The third-order valence-corrected chi connectivity index (χ3v) is 3.13. The molecule has 0 saturated carbocycles. The molecule has 0 saturated heterocycles. The lowest BCUT2D eigenvalue weighted by atomic mass is 10.4. The summed E-state index contributed by atoms with van der Waals surface area (Å²) in [5, 5.41) is 8.74. The van der Waals surface area contributed by atoms with Crippen molar-refractivity contribution in [2.75, 3.05) is 5.75 Å². The highest BCUT2D eigenvalue weighted by atomic mass is 35.5. The van der Waals surface area contributed by atoms with Crippen LogP contribution in [-0.4, -0.2) is 21.0 Å². The molecule has 5 heteroatoms. The summed E-state index contributed by atoms with van der Waals surface area (Å²) < 4.78 is 11.3. The van der Waals surface area contributed by atoms with Gasteiger partial charge in [0.25, 0.3) is 0 Å². The average molecular weight is 219 g/mol. The molecule has 0 aliphatic carbocycles. The molecule has 1 aromatic rings. The van der Waals surface area contributed by atoms with Crippen LogP contribution in [-0.2, 0) is 15.6 Å². The number of rotatable bonds is 3. The van der Waals surface area contributed by atoms with Gasteiger partial charge < -0.3 is 5.11 Å². The zero-order chi connectivity index (χ0) is 9.84. The summed E-state index contributed by atoms with van der Waals surface area (Å²) in [5.74, 6) is -1.51. The van der Waals surface area contributed by atoms with E-state index < -0.39 is 22.5 Å². The van der Waals surface area contributed by atoms with E-state index in [-0.39, 0.29) is 0 Å². The maximum Gasteiger partial charge on any atom is 0.316 e. The van der Waals surface area contributed by atoms with E-state index in [4.69, 9.17) is 16.7 Å². The smallest absolute Gasteiger partial charge is 0.316 e. The SMILES string of the molecule is O=C(O)CS(=O)c1ccccc1Cl. The predicted octanol–water partition coefficient (Wildman–Crippen LogP) is 1.53. The molecule has 0 fully saturated rings. The van der Waals surface area contributed by atoms with E-state index in [1.807, 2.05) is 0 Å². The van der Waals surface area contributed by atoms with Crippen molar-refractivity contribution in [1.29, 1.82) is 0 Å². The Balaban J connectivity index is 2.89. The summed E-state index contributed by atoms with van der Waals surface area (Å²) >= 11 is 5.72. The lowest BCUT2D eigenvalue weighted by Crippen LogP contribution is -2.09. The number of benzene rings is 1. The van der Waals surface area contributed by atoms with Gasteiger partial charge in [-0.3, -0.25) is 9.00 Å². The molecule has 1 atom stereocenters. The van der Waals surface area contributed by atoms with Gasteiger partial charge in [-0.15, -0.1) is 0 Å². The fourth-order valence-corrected chi connectivity index (χ4v) is 2.11. The first kappa shape index (κ1) is 10.2. The molecule has 0 aliphatic heterocycles. The summed E-state index contributed by atoms with van der Waals surface area (Å²) in [4.78, 5) is 10.6. The van der Waals surface area contributed by atoms with E-state index in [1.54, 1.807) is 24.3 Å². The Hall–Kier alpha value is -0.870. The van der Waals surface area contributed by atoms with Gasteiger partial charge in [0.15, 0.2) is 0 Å². The molecule has 0 aromatic heterocycles. The third-order valence-electron chi connectivity index (χ3n) is 1.34. The topological polar surface area (TPSA) is 54.4 Å². The summed E-state index contributed by atoms with van der Waals surface area (Å²) in [5.41, 5.74) is 0. The Morgan fingerprint density at radius 3 is 2.62 bits per heavy atom. The zero-order valence-corrected chi connectivity index (χ0v) is 8.14. The van der Waals surface area contributed by atoms with Crippen LogP contribution in [0.4, 0.5) is 0 Å². The first-order chi connectivity index (χ1) is 6.11. The van der Waals surface area contributed by atoms with E-state index in [0.717, 1.165) is 0 Å². The number of carbonyl (C=O) groups is 1. The molecule has 1 unspecified atom stereocenters. The van der Waals surface area contributed by atoms with Gasteiger partial charge >= 0.3 is 5.97 Å². The molecule has 1 aromatic carbocycles. The summed E-state index contributed by atoms with van der Waals surface area (Å²) in [7, 11) is -1.56. The fourth-order valence-electron chi connectivity index (χ4n) is 0.819. The van der Waals surface area contributed by atoms with Crippen molar-refractivity contribution in [3.8, 4) is 0 Å². The highest BCUT2D eigenvalue weighted by molar-refractivity contribution is 7.85. The van der Waals surface area contributed by atoms with Crippen LogP contribution in [0.15, 0.2) is 29.2 Å². The van der Waals surface area contributed by atoms with Gasteiger partial charge in [-0.25, -0.2) is 0 Å². The Kier molecular flexibility index (Phi) is 3.45. The van der Waals surface area contributed by atoms with E-state index in [2.05, 4.69) is 0 Å². The fraction of sp³-hybridized carbons (Fsp3) is 0.125. The van der Waals surface area contributed by atoms with Gasteiger partial charge in [-0.2, -0.15) is 0 Å². The second-order valence-corrected chi connectivity index (χ2v) is 4.14. The second kappa shape index (κ2) is 4.39. The van der Waals surface area contributed by atoms with Crippen LogP contribution in [0.1, 0.15) is 0 Å². The van der Waals surface area contributed by atoms with Crippen LogP contribution in [0.3, 0.4) is 0 Å². The van der Waals surface area contributed by atoms with Crippen molar-refractivity contribution in [3.63, 3.8) is 0 Å². The lowest BCUT2D eigenvalue weighted by Gasteiger charge is -2.00. The number of carboxylic acid groups (broad SMARTS) is 1. The van der Waals surface area contributed by atoms with Crippen LogP contribution >= 0.6 is 11.6 Å². The van der Waals surface area contributed by atoms with Gasteiger partial charge in [0.1, 0.15) is 5.75 Å². The normalized spacial score (nSPS) is 12.4. The van der Waals surface area contributed by atoms with Crippen LogP contribution in [0, 0.1) is 0 Å². The van der Waals surface area contributed by atoms with Crippen molar-refractivity contribution in [1.82, 2.24) is 0 Å². The predicted molar refractivity (Wildman–Crippen MR) is 50.4 cm³/mol. The third kappa shape index (κ3) is 2.82. The van der Waals surface area contributed by atoms with Crippen LogP contribution in [0.5, 0.6) is 0 Å². The molecule has 0 bridgehead atoms. The van der Waals surface area contributed by atoms with Crippen molar-refractivity contribution >= 4 is 28.4 Å².